The Balaban J connectivity index is 2.75. The van der Waals surface area contributed by atoms with Crippen LogP contribution in [0.1, 0.15) is 12.8 Å². The van der Waals surface area contributed by atoms with Gasteiger partial charge in [0.25, 0.3) is 0 Å². The van der Waals surface area contributed by atoms with Gasteiger partial charge in [0, 0.05) is 6.42 Å². The van der Waals surface area contributed by atoms with Crippen molar-refractivity contribution in [3.8, 4) is 6.07 Å². The van der Waals surface area contributed by atoms with Gasteiger partial charge in [-0.15, -0.1) is 11.8 Å². The van der Waals surface area contributed by atoms with Gasteiger partial charge in [-0.1, -0.05) is 0 Å². The fourth-order valence-electron chi connectivity index (χ4n) is 2.00. The fraction of sp³-hybridized carbons (Fsp3) is 0.818. The van der Waals surface area contributed by atoms with Gasteiger partial charge in [-0.3, -0.25) is 4.79 Å². The molecule has 0 aromatic heterocycles. The van der Waals surface area contributed by atoms with Crippen LogP contribution in [0.15, 0.2) is 0 Å². The maximum absolute atomic E-state index is 11.2. The van der Waals surface area contributed by atoms with E-state index in [-0.39, 0.29) is 12.8 Å². The Morgan fingerprint density at radius 2 is 2.05 bits per heavy atom. The van der Waals surface area contributed by atoms with Gasteiger partial charge in [-0.2, -0.15) is 5.26 Å². The van der Waals surface area contributed by atoms with Crippen molar-refractivity contribution in [3.05, 3.63) is 0 Å². The number of carbonyl (C=O) groups is 1. The first-order valence-corrected chi connectivity index (χ1v) is 7.09. The number of hydrogen-bond donors (Lipinski definition) is 4. The third-order valence-corrected chi connectivity index (χ3v) is 4.01. The highest BCUT2D eigenvalue weighted by molar-refractivity contribution is 7.99. The lowest BCUT2D eigenvalue weighted by atomic mass is 9.90. The first-order valence-electron chi connectivity index (χ1n) is 5.81. The zero-order valence-electron chi connectivity index (χ0n) is 10.5. The van der Waals surface area contributed by atoms with E-state index in [0.29, 0.717) is 0 Å². The van der Waals surface area contributed by atoms with Crippen LogP contribution < -0.4 is 5.73 Å². The maximum Gasteiger partial charge on any atom is 0.221 e. The zero-order valence-corrected chi connectivity index (χ0v) is 11.3. The van der Waals surface area contributed by atoms with Crippen LogP contribution in [0.2, 0.25) is 0 Å². The average Bonchev–Trinajstić information content (AvgIpc) is 2.38. The van der Waals surface area contributed by atoms with Gasteiger partial charge in [-0.05, 0) is 12.7 Å². The minimum absolute atomic E-state index is 0.0326. The molecule has 1 fully saturated rings. The van der Waals surface area contributed by atoms with Crippen LogP contribution in [-0.2, 0) is 9.53 Å². The maximum atomic E-state index is 11.2. The molecule has 1 aliphatic heterocycles. The van der Waals surface area contributed by atoms with E-state index in [4.69, 9.17) is 15.7 Å². The lowest BCUT2D eigenvalue weighted by Crippen LogP contribution is -2.57. The summed E-state index contributed by atoms with van der Waals surface area (Å²) in [7, 11) is 0. The molecule has 108 valence electrons. The molecule has 8 heteroatoms. The predicted molar refractivity (Wildman–Crippen MR) is 67.7 cm³/mol. The highest BCUT2D eigenvalue weighted by atomic mass is 32.2. The SMILES string of the molecule is CSC1OC(CC(CC#N)C(N)=O)C(O)C(O)C1O. The van der Waals surface area contributed by atoms with Crippen molar-refractivity contribution in [3.63, 3.8) is 0 Å². The van der Waals surface area contributed by atoms with E-state index in [1.807, 2.05) is 6.07 Å². The molecule has 1 rings (SSSR count). The van der Waals surface area contributed by atoms with E-state index >= 15 is 0 Å². The minimum atomic E-state index is -1.35. The molecule has 7 nitrogen and oxygen atoms in total. The van der Waals surface area contributed by atoms with Crippen molar-refractivity contribution in [1.29, 1.82) is 5.26 Å². The average molecular weight is 290 g/mol. The second-order valence-electron chi connectivity index (χ2n) is 4.45. The van der Waals surface area contributed by atoms with E-state index < -0.39 is 41.7 Å². The van der Waals surface area contributed by atoms with Gasteiger partial charge in [0.2, 0.25) is 5.91 Å². The van der Waals surface area contributed by atoms with Crippen molar-refractivity contribution in [1.82, 2.24) is 0 Å². The van der Waals surface area contributed by atoms with Crippen molar-refractivity contribution >= 4 is 17.7 Å². The summed E-state index contributed by atoms with van der Waals surface area (Å²) >= 11 is 1.19. The monoisotopic (exact) mass is 290 g/mol. The Bertz CT molecular complexity index is 359. The number of rotatable bonds is 5. The van der Waals surface area contributed by atoms with E-state index in [1.165, 1.54) is 11.8 Å². The summed E-state index contributed by atoms with van der Waals surface area (Å²) in [5, 5.41) is 37.9. The smallest absolute Gasteiger partial charge is 0.221 e. The highest BCUT2D eigenvalue weighted by Crippen LogP contribution is 2.30. The van der Waals surface area contributed by atoms with Gasteiger partial charge < -0.3 is 25.8 Å². The fourth-order valence-corrected chi connectivity index (χ4v) is 2.69. The van der Waals surface area contributed by atoms with Crippen LogP contribution in [0.4, 0.5) is 0 Å². The number of hydrogen-bond acceptors (Lipinski definition) is 7. The van der Waals surface area contributed by atoms with E-state index in [9.17, 15) is 20.1 Å². The number of nitriles is 1. The van der Waals surface area contributed by atoms with Gasteiger partial charge >= 0.3 is 0 Å². The number of nitrogens with two attached hydrogens (primary N) is 1. The molecule has 0 aliphatic carbocycles. The van der Waals surface area contributed by atoms with E-state index in [1.54, 1.807) is 6.26 Å². The molecule has 6 atom stereocenters. The van der Waals surface area contributed by atoms with E-state index in [0.717, 1.165) is 0 Å². The Hall–Kier alpha value is -0.850. The van der Waals surface area contributed by atoms with Gasteiger partial charge in [0.15, 0.2) is 0 Å². The van der Waals surface area contributed by atoms with Crippen LogP contribution in [-0.4, -0.2) is 57.3 Å². The molecule has 0 aromatic rings. The Labute approximate surface area is 115 Å². The first-order chi connectivity index (χ1) is 8.92. The molecule has 19 heavy (non-hydrogen) atoms. The molecule has 0 aromatic carbocycles. The predicted octanol–water partition coefficient (Wildman–Crippen LogP) is -1.44. The molecule has 0 radical (unpaired) electrons. The van der Waals surface area contributed by atoms with Gasteiger partial charge in [0.1, 0.15) is 23.7 Å². The van der Waals surface area contributed by atoms with Crippen LogP contribution in [0.3, 0.4) is 0 Å². The molecular formula is C11H18N2O5S. The summed E-state index contributed by atoms with van der Waals surface area (Å²) in [4.78, 5) is 11.2. The molecule has 1 saturated heterocycles. The number of aliphatic hydroxyl groups is 3. The van der Waals surface area contributed by atoms with Crippen molar-refractivity contribution in [2.45, 2.75) is 42.7 Å². The third kappa shape index (κ3) is 3.81. The minimum Gasteiger partial charge on any atom is -0.388 e. The summed E-state index contributed by atoms with van der Waals surface area (Å²) < 4.78 is 5.44. The molecule has 6 unspecified atom stereocenters. The third-order valence-electron chi connectivity index (χ3n) is 3.16. The molecule has 5 N–H and O–H groups in total. The second kappa shape index (κ2) is 7.07. The van der Waals surface area contributed by atoms with Crippen molar-refractivity contribution in [2.24, 2.45) is 11.7 Å². The molecule has 1 aliphatic rings. The van der Waals surface area contributed by atoms with Crippen LogP contribution in [0.25, 0.3) is 0 Å². The van der Waals surface area contributed by atoms with Crippen LogP contribution in [0, 0.1) is 17.2 Å². The topological polar surface area (TPSA) is 137 Å². The quantitative estimate of drug-likeness (QED) is 0.486. The Morgan fingerprint density at radius 3 is 2.53 bits per heavy atom. The lowest BCUT2D eigenvalue weighted by molar-refractivity contribution is -0.201. The van der Waals surface area contributed by atoms with Crippen molar-refractivity contribution < 1.29 is 24.9 Å². The number of primary amides is 1. The molecule has 0 spiro atoms. The van der Waals surface area contributed by atoms with Crippen LogP contribution in [0.5, 0.6) is 0 Å². The second-order valence-corrected chi connectivity index (χ2v) is 5.38. The normalized spacial score (nSPS) is 36.5. The van der Waals surface area contributed by atoms with E-state index in [2.05, 4.69) is 0 Å². The Kier molecular flexibility index (Phi) is 6.03. The molecular weight excluding hydrogens is 272 g/mol. The highest BCUT2D eigenvalue weighted by Gasteiger charge is 2.44. The molecule has 1 heterocycles. The molecule has 0 saturated carbocycles. The largest absolute Gasteiger partial charge is 0.388 e. The number of nitrogens with zero attached hydrogens (tertiary/aromatic N) is 1. The zero-order chi connectivity index (χ0) is 14.6. The number of aliphatic hydroxyl groups excluding tert-OH is 3. The summed E-state index contributed by atoms with van der Waals surface area (Å²) in [6.07, 6.45) is -3.08. The van der Waals surface area contributed by atoms with Crippen LogP contribution >= 0.6 is 11.8 Å². The number of amides is 1. The summed E-state index contributed by atoms with van der Waals surface area (Å²) in [6, 6.07) is 1.84. The number of carbonyl (C=O) groups excluding carboxylic acids is 1. The van der Waals surface area contributed by atoms with Gasteiger partial charge in [0.05, 0.1) is 18.1 Å². The molecule has 0 bridgehead atoms. The van der Waals surface area contributed by atoms with Crippen molar-refractivity contribution in [2.75, 3.05) is 6.26 Å². The Morgan fingerprint density at radius 1 is 1.42 bits per heavy atom. The summed E-state index contributed by atoms with van der Waals surface area (Å²) in [6.45, 7) is 0. The summed E-state index contributed by atoms with van der Waals surface area (Å²) in [5.74, 6) is -1.41. The summed E-state index contributed by atoms with van der Waals surface area (Å²) in [5.41, 5.74) is 4.47. The molecule has 1 amide bonds. The lowest BCUT2D eigenvalue weighted by Gasteiger charge is -2.40. The first kappa shape index (κ1) is 16.2. The number of thioether (sulfide) groups is 1. The standard InChI is InChI=1S/C11H18N2O5S/c1-19-11-9(16)8(15)7(14)6(18-11)4-5(2-3-12)10(13)17/h5-9,11,14-16H,2,4H2,1H3,(H2,13,17). The van der Waals surface area contributed by atoms with Gasteiger partial charge in [-0.25, -0.2) is 0 Å². The number of ether oxygens (including phenoxy) is 1.